The van der Waals surface area contributed by atoms with E-state index < -0.39 is 24.3 Å². The van der Waals surface area contributed by atoms with Gasteiger partial charge in [-0.15, -0.1) is 0 Å². The Bertz CT molecular complexity index is 694. The average Bonchev–Trinajstić information content (AvgIpc) is 2.54. The van der Waals surface area contributed by atoms with Crippen LogP contribution in [0.5, 0.6) is 5.75 Å². The zero-order valence-electron chi connectivity index (χ0n) is 12.7. The molecule has 0 aliphatic carbocycles. The zero-order chi connectivity index (χ0) is 18.4. The third-order valence-electron chi connectivity index (χ3n) is 3.18. The maximum absolute atomic E-state index is 12.4. The molecule has 8 heteroatoms. The van der Waals surface area contributed by atoms with E-state index in [-0.39, 0.29) is 18.8 Å². The highest BCUT2D eigenvalue weighted by molar-refractivity contribution is 5.72. The van der Waals surface area contributed by atoms with Crippen molar-refractivity contribution in [2.45, 2.75) is 25.8 Å². The molecule has 0 radical (unpaired) electrons. The molecule has 0 heterocycles. The lowest BCUT2D eigenvalue weighted by atomic mass is 10.1. The molecule has 2 rings (SSSR count). The van der Waals surface area contributed by atoms with Gasteiger partial charge in [0.05, 0.1) is 12.0 Å². The van der Waals surface area contributed by atoms with E-state index in [4.69, 9.17) is 4.74 Å². The van der Waals surface area contributed by atoms with E-state index >= 15 is 0 Å². The molecule has 2 aromatic rings. The second-order valence-corrected chi connectivity index (χ2v) is 5.05. The fourth-order valence-corrected chi connectivity index (χ4v) is 1.96. The highest BCUT2D eigenvalue weighted by Gasteiger charge is 2.29. The van der Waals surface area contributed by atoms with E-state index in [1.807, 2.05) is 0 Å². The van der Waals surface area contributed by atoms with Crippen LogP contribution >= 0.6 is 0 Å². The Kier molecular flexibility index (Phi) is 5.95. The number of hydrogen-bond donors (Lipinski definition) is 0. The van der Waals surface area contributed by atoms with Gasteiger partial charge in [-0.2, -0.15) is 22.0 Å². The van der Waals surface area contributed by atoms with Gasteiger partial charge in [0.15, 0.2) is 0 Å². The number of rotatable bonds is 6. The SMILES string of the molecule is O=C(Cc1ccc(OC(F)F)cc1)OCc1ccc(C(F)(F)F)cc1. The van der Waals surface area contributed by atoms with Gasteiger partial charge in [-0.1, -0.05) is 24.3 Å². The second-order valence-electron chi connectivity index (χ2n) is 5.05. The lowest BCUT2D eigenvalue weighted by molar-refractivity contribution is -0.144. The van der Waals surface area contributed by atoms with Gasteiger partial charge in [-0.05, 0) is 35.4 Å². The van der Waals surface area contributed by atoms with Crippen LogP contribution in [0.15, 0.2) is 48.5 Å². The quantitative estimate of drug-likeness (QED) is 0.558. The normalized spacial score (nSPS) is 11.4. The molecule has 134 valence electrons. The predicted molar refractivity (Wildman–Crippen MR) is 78.0 cm³/mol. The summed E-state index contributed by atoms with van der Waals surface area (Å²) in [5.41, 5.74) is 0.162. The van der Waals surface area contributed by atoms with Gasteiger partial charge in [0.2, 0.25) is 0 Å². The zero-order valence-corrected chi connectivity index (χ0v) is 12.7. The van der Waals surface area contributed by atoms with Crippen molar-refractivity contribution in [1.82, 2.24) is 0 Å². The summed E-state index contributed by atoms with van der Waals surface area (Å²) in [4.78, 5) is 11.7. The molecule has 0 unspecified atom stereocenters. The number of carbonyl (C=O) groups is 1. The minimum atomic E-state index is -4.42. The third kappa shape index (κ3) is 6.06. The second kappa shape index (κ2) is 7.96. The first kappa shape index (κ1) is 18.7. The van der Waals surface area contributed by atoms with Gasteiger partial charge in [0.25, 0.3) is 0 Å². The summed E-state index contributed by atoms with van der Waals surface area (Å²) in [6, 6.07) is 9.75. The van der Waals surface area contributed by atoms with Crippen molar-refractivity contribution in [3.8, 4) is 5.75 Å². The molecule has 0 amide bonds. The Morgan fingerprint density at radius 2 is 1.48 bits per heavy atom. The smallest absolute Gasteiger partial charge is 0.416 e. The minimum Gasteiger partial charge on any atom is -0.461 e. The fraction of sp³-hybridized carbons (Fsp3) is 0.235. The number of halogens is 5. The average molecular weight is 360 g/mol. The van der Waals surface area contributed by atoms with Crippen molar-refractivity contribution >= 4 is 5.97 Å². The molecule has 0 atom stereocenters. The summed E-state index contributed by atoms with van der Waals surface area (Å²) in [7, 11) is 0. The van der Waals surface area contributed by atoms with Crippen molar-refractivity contribution in [3.63, 3.8) is 0 Å². The fourth-order valence-electron chi connectivity index (χ4n) is 1.96. The van der Waals surface area contributed by atoms with Crippen LogP contribution in [0.2, 0.25) is 0 Å². The topological polar surface area (TPSA) is 35.5 Å². The summed E-state index contributed by atoms with van der Waals surface area (Å²) in [6.45, 7) is -3.09. The Balaban J connectivity index is 1.84. The van der Waals surface area contributed by atoms with Crippen molar-refractivity contribution in [1.29, 1.82) is 0 Å². The molecule has 0 N–H and O–H groups in total. The molecule has 0 saturated heterocycles. The summed E-state index contributed by atoms with van der Waals surface area (Å²) < 4.78 is 70.5. The predicted octanol–water partition coefficient (Wildman–Crippen LogP) is 4.59. The first-order valence-corrected chi connectivity index (χ1v) is 7.09. The summed E-state index contributed by atoms with van der Waals surface area (Å²) >= 11 is 0. The maximum atomic E-state index is 12.4. The number of benzene rings is 2. The number of hydrogen-bond acceptors (Lipinski definition) is 3. The first-order chi connectivity index (χ1) is 11.7. The molecule has 25 heavy (non-hydrogen) atoms. The Morgan fingerprint density at radius 3 is 2.00 bits per heavy atom. The van der Waals surface area contributed by atoms with Gasteiger partial charge in [-0.25, -0.2) is 0 Å². The molecule has 0 bridgehead atoms. The molecular formula is C17H13F5O3. The lowest BCUT2D eigenvalue weighted by Crippen LogP contribution is -2.09. The number of ether oxygens (including phenoxy) is 2. The van der Waals surface area contributed by atoms with E-state index in [1.54, 1.807) is 0 Å². The third-order valence-corrected chi connectivity index (χ3v) is 3.18. The van der Waals surface area contributed by atoms with Crippen LogP contribution < -0.4 is 4.74 Å². The van der Waals surface area contributed by atoms with E-state index in [0.29, 0.717) is 11.1 Å². The van der Waals surface area contributed by atoms with Crippen molar-refractivity contribution in [2.24, 2.45) is 0 Å². The Hall–Kier alpha value is -2.64. The van der Waals surface area contributed by atoms with Crippen LogP contribution in [0.3, 0.4) is 0 Å². The standard InChI is InChI=1S/C17H13F5O3/c18-16(19)25-14-7-3-11(4-8-14)9-15(23)24-10-12-1-5-13(6-2-12)17(20,21)22/h1-8,16H,9-10H2. The summed E-state index contributed by atoms with van der Waals surface area (Å²) in [6.07, 6.45) is -4.52. The first-order valence-electron chi connectivity index (χ1n) is 7.09. The lowest BCUT2D eigenvalue weighted by Gasteiger charge is -2.09. The molecule has 0 fully saturated rings. The van der Waals surface area contributed by atoms with Crippen molar-refractivity contribution in [2.75, 3.05) is 0 Å². The minimum absolute atomic E-state index is 0.0307. The van der Waals surface area contributed by atoms with Gasteiger partial charge < -0.3 is 9.47 Å². The van der Waals surface area contributed by atoms with Gasteiger partial charge in [0, 0.05) is 0 Å². The van der Waals surface area contributed by atoms with E-state index in [1.165, 1.54) is 36.4 Å². The highest BCUT2D eigenvalue weighted by atomic mass is 19.4. The number of alkyl halides is 5. The van der Waals surface area contributed by atoms with Crippen molar-refractivity contribution in [3.05, 3.63) is 65.2 Å². The van der Waals surface area contributed by atoms with E-state index in [0.717, 1.165) is 12.1 Å². The highest BCUT2D eigenvalue weighted by Crippen LogP contribution is 2.29. The van der Waals surface area contributed by atoms with Gasteiger partial charge in [-0.3, -0.25) is 4.79 Å². The largest absolute Gasteiger partial charge is 0.461 e. The molecular weight excluding hydrogens is 347 g/mol. The van der Waals surface area contributed by atoms with Crippen LogP contribution in [0, 0.1) is 0 Å². The Morgan fingerprint density at radius 1 is 0.920 bits per heavy atom. The van der Waals surface area contributed by atoms with E-state index in [2.05, 4.69) is 4.74 Å². The van der Waals surface area contributed by atoms with Crippen LogP contribution in [0.1, 0.15) is 16.7 Å². The molecule has 3 nitrogen and oxygen atoms in total. The van der Waals surface area contributed by atoms with Gasteiger partial charge in [0.1, 0.15) is 12.4 Å². The molecule has 0 saturated carbocycles. The summed E-state index contributed by atoms with van der Waals surface area (Å²) in [5.74, 6) is -0.626. The molecule has 0 aromatic heterocycles. The van der Waals surface area contributed by atoms with Gasteiger partial charge >= 0.3 is 18.8 Å². The van der Waals surface area contributed by atoms with Crippen LogP contribution in [-0.2, 0) is 28.7 Å². The van der Waals surface area contributed by atoms with E-state index in [9.17, 15) is 26.7 Å². The number of carbonyl (C=O) groups excluding carboxylic acids is 1. The monoisotopic (exact) mass is 360 g/mol. The molecule has 0 aliphatic heterocycles. The van der Waals surface area contributed by atoms with Crippen LogP contribution in [-0.4, -0.2) is 12.6 Å². The van der Waals surface area contributed by atoms with Crippen LogP contribution in [0.4, 0.5) is 22.0 Å². The molecule has 0 spiro atoms. The van der Waals surface area contributed by atoms with Crippen LogP contribution in [0.25, 0.3) is 0 Å². The molecule has 0 aliphatic rings. The molecule has 2 aromatic carbocycles. The number of esters is 1. The van der Waals surface area contributed by atoms with Crippen molar-refractivity contribution < 1.29 is 36.2 Å². The Labute approximate surface area is 140 Å². The summed E-state index contributed by atoms with van der Waals surface area (Å²) in [5, 5.41) is 0. The maximum Gasteiger partial charge on any atom is 0.416 e.